The number of hydrogen-bond donors (Lipinski definition) is 1. The lowest BCUT2D eigenvalue weighted by atomic mass is 10.1. The van der Waals surface area contributed by atoms with Gasteiger partial charge in [-0.15, -0.1) is 0 Å². The average Bonchev–Trinajstić information content (AvgIpc) is 2.93. The third kappa shape index (κ3) is 2.70. The molecular weight excluding hydrogens is 271 g/mol. The number of pyridine rings is 1. The molecule has 1 aliphatic heterocycles. The van der Waals surface area contributed by atoms with Gasteiger partial charge in [-0.3, -0.25) is 4.79 Å². The normalized spacial score (nSPS) is 16.5. The van der Waals surface area contributed by atoms with Crippen molar-refractivity contribution in [3.63, 3.8) is 0 Å². The summed E-state index contributed by atoms with van der Waals surface area (Å²) in [5, 5.41) is 1.07. The molecule has 1 fully saturated rings. The second-order valence-electron chi connectivity index (χ2n) is 5.86. The van der Waals surface area contributed by atoms with E-state index in [2.05, 4.69) is 20.9 Å². The number of fused-ring (bicyclic) bond motifs is 1. The van der Waals surface area contributed by atoms with Gasteiger partial charge in [-0.05, 0) is 26.0 Å². The van der Waals surface area contributed by atoms with E-state index < -0.39 is 11.6 Å². The van der Waals surface area contributed by atoms with Crippen molar-refractivity contribution in [3.05, 3.63) is 24.5 Å². The number of carbonyl (C=O) groups excluding carboxylic acids is 1. The van der Waals surface area contributed by atoms with Crippen molar-refractivity contribution in [1.82, 2.24) is 14.9 Å². The molecule has 2 aromatic heterocycles. The highest BCUT2D eigenvalue weighted by atomic mass is 19.1. The van der Waals surface area contributed by atoms with Crippen LogP contribution in [0.25, 0.3) is 11.0 Å². The fourth-order valence-corrected chi connectivity index (χ4v) is 2.64. The Kier molecular flexibility index (Phi) is 3.31. The number of alkyl halides is 1. The van der Waals surface area contributed by atoms with Gasteiger partial charge in [0.1, 0.15) is 5.65 Å². The molecule has 0 aliphatic carbocycles. The standard InChI is InChI=1S/C15H19FN4O/c1-15(2,16)14(21)20-7-5-19(6-8-20)12-9-11-3-4-17-13(11)18-10-12/h3-4,9-10H,5-8H2,1-2H3,(H,17,18). The molecule has 3 rings (SSSR count). The predicted molar refractivity (Wildman–Crippen MR) is 80.1 cm³/mol. The molecule has 1 aliphatic rings. The summed E-state index contributed by atoms with van der Waals surface area (Å²) in [6.07, 6.45) is 3.69. The molecule has 5 nitrogen and oxygen atoms in total. The minimum absolute atomic E-state index is 0.429. The number of amides is 1. The molecule has 0 unspecified atom stereocenters. The molecule has 2 aromatic rings. The Balaban J connectivity index is 1.69. The Bertz CT molecular complexity index is 653. The molecule has 0 radical (unpaired) electrons. The third-order valence-corrected chi connectivity index (χ3v) is 3.83. The maximum atomic E-state index is 13.7. The van der Waals surface area contributed by atoms with Gasteiger partial charge in [0.25, 0.3) is 5.91 Å². The van der Waals surface area contributed by atoms with E-state index in [0.717, 1.165) is 16.7 Å². The first-order chi connectivity index (χ1) is 9.95. The first-order valence-corrected chi connectivity index (χ1v) is 7.11. The maximum Gasteiger partial charge on any atom is 0.259 e. The largest absolute Gasteiger partial charge is 0.367 e. The van der Waals surface area contributed by atoms with Crippen molar-refractivity contribution in [3.8, 4) is 0 Å². The van der Waals surface area contributed by atoms with Gasteiger partial charge in [0.15, 0.2) is 5.67 Å². The summed E-state index contributed by atoms with van der Waals surface area (Å²) in [7, 11) is 0. The number of H-pyrrole nitrogens is 1. The van der Waals surface area contributed by atoms with Crippen LogP contribution in [0.2, 0.25) is 0 Å². The average molecular weight is 290 g/mol. The number of carbonyl (C=O) groups is 1. The summed E-state index contributed by atoms with van der Waals surface area (Å²) >= 11 is 0. The molecule has 6 heteroatoms. The van der Waals surface area contributed by atoms with Gasteiger partial charge >= 0.3 is 0 Å². The van der Waals surface area contributed by atoms with Crippen molar-refractivity contribution in [2.45, 2.75) is 19.5 Å². The number of aromatic nitrogens is 2. The number of rotatable bonds is 2. The highest BCUT2D eigenvalue weighted by molar-refractivity contribution is 5.84. The molecule has 1 saturated heterocycles. The lowest BCUT2D eigenvalue weighted by Gasteiger charge is -2.37. The second-order valence-corrected chi connectivity index (χ2v) is 5.86. The maximum absolute atomic E-state index is 13.7. The Morgan fingerprint density at radius 1 is 1.33 bits per heavy atom. The topological polar surface area (TPSA) is 52.2 Å². The molecular formula is C15H19FN4O. The summed E-state index contributed by atoms with van der Waals surface area (Å²) < 4.78 is 13.7. The molecule has 1 N–H and O–H groups in total. The molecule has 1 amide bonds. The molecule has 0 saturated carbocycles. The lowest BCUT2D eigenvalue weighted by Crippen LogP contribution is -2.53. The van der Waals surface area contributed by atoms with Gasteiger partial charge in [-0.1, -0.05) is 0 Å². The van der Waals surface area contributed by atoms with Crippen molar-refractivity contribution >= 4 is 22.6 Å². The summed E-state index contributed by atoms with van der Waals surface area (Å²) in [6, 6.07) is 4.06. The Hall–Kier alpha value is -2.11. The van der Waals surface area contributed by atoms with E-state index in [-0.39, 0.29) is 0 Å². The van der Waals surface area contributed by atoms with Crippen LogP contribution in [0.4, 0.5) is 10.1 Å². The molecule has 21 heavy (non-hydrogen) atoms. The van der Waals surface area contributed by atoms with Crippen LogP contribution >= 0.6 is 0 Å². The molecule has 3 heterocycles. The van der Waals surface area contributed by atoms with Crippen LogP contribution in [-0.4, -0.2) is 52.6 Å². The molecule has 0 spiro atoms. The molecule has 0 atom stereocenters. The van der Waals surface area contributed by atoms with Gasteiger partial charge in [-0.2, -0.15) is 0 Å². The number of hydrogen-bond acceptors (Lipinski definition) is 3. The van der Waals surface area contributed by atoms with E-state index in [1.54, 1.807) is 4.90 Å². The van der Waals surface area contributed by atoms with E-state index >= 15 is 0 Å². The fourth-order valence-electron chi connectivity index (χ4n) is 2.64. The van der Waals surface area contributed by atoms with Crippen LogP contribution < -0.4 is 4.90 Å². The quantitative estimate of drug-likeness (QED) is 0.920. The second kappa shape index (κ2) is 5.02. The van der Waals surface area contributed by atoms with Crippen molar-refractivity contribution in [1.29, 1.82) is 0 Å². The van der Waals surface area contributed by atoms with E-state index in [4.69, 9.17) is 0 Å². The summed E-state index contributed by atoms with van der Waals surface area (Å²) in [4.78, 5) is 23.1. The molecule has 112 valence electrons. The van der Waals surface area contributed by atoms with Crippen molar-refractivity contribution in [2.24, 2.45) is 0 Å². The number of piperazine rings is 1. The Morgan fingerprint density at radius 2 is 2.05 bits per heavy atom. The highest BCUT2D eigenvalue weighted by Crippen LogP contribution is 2.21. The van der Waals surface area contributed by atoms with Crippen LogP contribution in [0, 0.1) is 0 Å². The molecule has 0 aromatic carbocycles. The molecule has 0 bridgehead atoms. The van der Waals surface area contributed by atoms with Crippen LogP contribution in [0.5, 0.6) is 0 Å². The number of aromatic amines is 1. The zero-order valence-electron chi connectivity index (χ0n) is 12.3. The van der Waals surface area contributed by atoms with Gasteiger partial charge in [0, 0.05) is 37.8 Å². The van der Waals surface area contributed by atoms with E-state index in [9.17, 15) is 9.18 Å². The smallest absolute Gasteiger partial charge is 0.259 e. The van der Waals surface area contributed by atoms with Gasteiger partial charge in [0.05, 0.1) is 11.9 Å². The van der Waals surface area contributed by atoms with Crippen LogP contribution in [0.1, 0.15) is 13.8 Å². The number of anilines is 1. The zero-order chi connectivity index (χ0) is 15.0. The fraction of sp³-hybridized carbons (Fsp3) is 0.467. The van der Waals surface area contributed by atoms with E-state index in [1.165, 1.54) is 13.8 Å². The monoisotopic (exact) mass is 290 g/mol. The van der Waals surface area contributed by atoms with Gasteiger partial charge in [-0.25, -0.2) is 9.37 Å². The highest BCUT2D eigenvalue weighted by Gasteiger charge is 2.33. The van der Waals surface area contributed by atoms with Crippen LogP contribution in [0.15, 0.2) is 24.5 Å². The number of nitrogens with zero attached hydrogens (tertiary/aromatic N) is 3. The predicted octanol–water partition coefficient (Wildman–Crippen LogP) is 1.96. The van der Waals surface area contributed by atoms with Crippen molar-refractivity contribution in [2.75, 3.05) is 31.1 Å². The first-order valence-electron chi connectivity index (χ1n) is 7.11. The summed E-state index contributed by atoms with van der Waals surface area (Å²) in [5.41, 5.74) is 0.105. The Labute approximate surface area is 122 Å². The minimum Gasteiger partial charge on any atom is -0.367 e. The van der Waals surface area contributed by atoms with Crippen LogP contribution in [-0.2, 0) is 4.79 Å². The number of halogens is 1. The Morgan fingerprint density at radius 3 is 2.71 bits per heavy atom. The lowest BCUT2D eigenvalue weighted by molar-refractivity contribution is -0.142. The summed E-state index contributed by atoms with van der Waals surface area (Å²) in [6.45, 7) is 5.09. The zero-order valence-corrected chi connectivity index (χ0v) is 12.3. The van der Waals surface area contributed by atoms with Gasteiger partial charge < -0.3 is 14.8 Å². The summed E-state index contributed by atoms with van der Waals surface area (Å²) in [5.74, 6) is -0.429. The van der Waals surface area contributed by atoms with E-state index in [0.29, 0.717) is 26.2 Å². The SMILES string of the molecule is CC(C)(F)C(=O)N1CCN(c2cnc3[nH]ccc3c2)CC1. The van der Waals surface area contributed by atoms with Crippen molar-refractivity contribution < 1.29 is 9.18 Å². The minimum atomic E-state index is -1.80. The first kappa shape index (κ1) is 13.9. The number of nitrogens with one attached hydrogen (secondary N) is 1. The van der Waals surface area contributed by atoms with E-state index in [1.807, 2.05) is 18.5 Å². The third-order valence-electron chi connectivity index (χ3n) is 3.83. The van der Waals surface area contributed by atoms with Gasteiger partial charge in [0.2, 0.25) is 0 Å². The van der Waals surface area contributed by atoms with Crippen LogP contribution in [0.3, 0.4) is 0 Å².